The number of amides is 1. The Morgan fingerprint density at radius 1 is 0.975 bits per heavy atom. The fourth-order valence-electron chi connectivity index (χ4n) is 4.58. The Bertz CT molecular complexity index is 1610. The van der Waals surface area contributed by atoms with E-state index in [4.69, 9.17) is 11.6 Å². The number of thiazole rings is 1. The molecule has 1 aliphatic heterocycles. The maximum absolute atomic E-state index is 13.2. The summed E-state index contributed by atoms with van der Waals surface area (Å²) in [4.78, 5) is 26.1. The lowest BCUT2D eigenvalue weighted by Crippen LogP contribution is -2.48. The van der Waals surface area contributed by atoms with Gasteiger partial charge in [0.15, 0.2) is 11.0 Å². The van der Waals surface area contributed by atoms with Gasteiger partial charge in [-0.15, -0.1) is 21.5 Å². The second kappa shape index (κ2) is 11.8. The molecule has 0 N–H and O–H groups in total. The third kappa shape index (κ3) is 5.74. The van der Waals surface area contributed by atoms with Gasteiger partial charge in [-0.05, 0) is 49.4 Å². The van der Waals surface area contributed by atoms with E-state index in [-0.39, 0.29) is 5.91 Å². The minimum absolute atomic E-state index is 0.0268. The fourth-order valence-corrected chi connectivity index (χ4v) is 6.50. The zero-order valence-corrected chi connectivity index (χ0v) is 24.2. The van der Waals surface area contributed by atoms with Gasteiger partial charge in [-0.25, -0.2) is 4.98 Å². The smallest absolute Gasteiger partial charge is 0.273 e. The van der Waals surface area contributed by atoms with Crippen molar-refractivity contribution in [3.8, 4) is 17.1 Å². The number of pyridine rings is 1. The predicted molar refractivity (Wildman–Crippen MR) is 161 cm³/mol. The first-order valence-electron chi connectivity index (χ1n) is 12.8. The van der Waals surface area contributed by atoms with Crippen LogP contribution in [-0.4, -0.2) is 61.7 Å². The first-order valence-corrected chi connectivity index (χ1v) is 15.1. The van der Waals surface area contributed by atoms with Crippen LogP contribution in [0.15, 0.2) is 83.6 Å². The van der Waals surface area contributed by atoms with Crippen molar-refractivity contribution >= 4 is 46.3 Å². The molecule has 11 heteroatoms. The highest BCUT2D eigenvalue weighted by Gasteiger charge is 2.24. The van der Waals surface area contributed by atoms with Gasteiger partial charge in [-0.2, -0.15) is 0 Å². The van der Waals surface area contributed by atoms with Crippen LogP contribution in [0.25, 0.3) is 17.1 Å². The van der Waals surface area contributed by atoms with Crippen LogP contribution in [0, 0.1) is 6.92 Å². The van der Waals surface area contributed by atoms with Crippen LogP contribution in [0.3, 0.4) is 0 Å². The molecule has 1 aliphatic rings. The van der Waals surface area contributed by atoms with Crippen molar-refractivity contribution in [3.05, 3.63) is 99.7 Å². The number of piperazine rings is 1. The van der Waals surface area contributed by atoms with Gasteiger partial charge in [0.05, 0.1) is 5.75 Å². The fraction of sp³-hybridized carbons (Fsp3) is 0.207. The van der Waals surface area contributed by atoms with Crippen LogP contribution in [0.4, 0.5) is 5.69 Å². The topological polar surface area (TPSA) is 80.0 Å². The molecule has 0 aliphatic carbocycles. The third-order valence-corrected chi connectivity index (χ3v) is 8.91. The molecular formula is C29H26ClN7OS2. The SMILES string of the molecule is Cc1ccc(-n2c(SCc3nc(C(=O)N4CCN(c5cccc(Cl)c5)CC4)cs3)nnc2-c2ccncc2)cc1. The first-order chi connectivity index (χ1) is 19.5. The average molecular weight is 588 g/mol. The Kier molecular flexibility index (Phi) is 7.81. The van der Waals surface area contributed by atoms with E-state index in [1.54, 1.807) is 24.2 Å². The van der Waals surface area contributed by atoms with Crippen molar-refractivity contribution in [2.24, 2.45) is 0 Å². The quantitative estimate of drug-likeness (QED) is 0.216. The van der Waals surface area contributed by atoms with Gasteiger partial charge in [-0.3, -0.25) is 14.3 Å². The van der Waals surface area contributed by atoms with E-state index in [1.807, 2.05) is 46.7 Å². The number of halogens is 1. The highest BCUT2D eigenvalue weighted by Crippen LogP contribution is 2.30. The molecule has 0 atom stereocenters. The number of thioether (sulfide) groups is 1. The Morgan fingerprint density at radius 3 is 2.50 bits per heavy atom. The number of hydrogen-bond acceptors (Lipinski definition) is 8. The molecule has 2 aromatic carbocycles. The number of carbonyl (C=O) groups is 1. The Hall–Kier alpha value is -3.73. The monoisotopic (exact) mass is 587 g/mol. The number of aryl methyl sites for hydroxylation is 1. The number of carbonyl (C=O) groups excluding carboxylic acids is 1. The summed E-state index contributed by atoms with van der Waals surface area (Å²) in [5, 5.41) is 13.2. The molecular weight excluding hydrogens is 562 g/mol. The molecule has 0 bridgehead atoms. The van der Waals surface area contributed by atoms with E-state index in [2.05, 4.69) is 60.8 Å². The highest BCUT2D eigenvalue weighted by atomic mass is 35.5. The lowest BCUT2D eigenvalue weighted by Gasteiger charge is -2.35. The minimum atomic E-state index is -0.0268. The summed E-state index contributed by atoms with van der Waals surface area (Å²) in [6, 6.07) is 20.0. The maximum Gasteiger partial charge on any atom is 0.273 e. The Labute approximate surface area is 245 Å². The Balaban J connectivity index is 1.14. The van der Waals surface area contributed by atoms with Gasteiger partial charge in [0, 0.05) is 65.9 Å². The molecule has 5 aromatic rings. The lowest BCUT2D eigenvalue weighted by molar-refractivity contribution is 0.0741. The van der Waals surface area contributed by atoms with Gasteiger partial charge in [0.2, 0.25) is 0 Å². The van der Waals surface area contributed by atoms with Gasteiger partial charge in [-0.1, -0.05) is 47.1 Å². The number of anilines is 1. The molecule has 6 rings (SSSR count). The van der Waals surface area contributed by atoms with Gasteiger partial charge in [0.1, 0.15) is 10.7 Å². The van der Waals surface area contributed by atoms with E-state index in [9.17, 15) is 4.79 Å². The predicted octanol–water partition coefficient (Wildman–Crippen LogP) is 6.00. The minimum Gasteiger partial charge on any atom is -0.368 e. The van der Waals surface area contributed by atoms with E-state index in [0.29, 0.717) is 24.5 Å². The second-order valence-electron chi connectivity index (χ2n) is 9.39. The number of aromatic nitrogens is 5. The summed E-state index contributed by atoms with van der Waals surface area (Å²) in [6.07, 6.45) is 3.50. The summed E-state index contributed by atoms with van der Waals surface area (Å²) in [5.41, 5.74) is 4.68. The number of rotatable bonds is 7. The van der Waals surface area contributed by atoms with E-state index in [0.717, 1.165) is 51.0 Å². The van der Waals surface area contributed by atoms with Crippen LogP contribution in [0.2, 0.25) is 5.02 Å². The molecule has 4 heterocycles. The van der Waals surface area contributed by atoms with Gasteiger partial charge in [0.25, 0.3) is 5.91 Å². The van der Waals surface area contributed by atoms with E-state index in [1.165, 1.54) is 16.9 Å². The zero-order chi connectivity index (χ0) is 27.5. The average Bonchev–Trinajstić information content (AvgIpc) is 3.64. The molecule has 1 saturated heterocycles. The molecule has 0 spiro atoms. The number of nitrogens with zero attached hydrogens (tertiary/aromatic N) is 7. The lowest BCUT2D eigenvalue weighted by atomic mass is 10.2. The normalized spacial score (nSPS) is 13.6. The van der Waals surface area contributed by atoms with Crippen molar-refractivity contribution in [3.63, 3.8) is 0 Å². The van der Waals surface area contributed by atoms with Crippen molar-refractivity contribution in [1.82, 2.24) is 29.6 Å². The molecule has 40 heavy (non-hydrogen) atoms. The first kappa shape index (κ1) is 26.5. The largest absolute Gasteiger partial charge is 0.368 e. The summed E-state index contributed by atoms with van der Waals surface area (Å²) in [5.74, 6) is 1.31. The molecule has 202 valence electrons. The van der Waals surface area contributed by atoms with E-state index < -0.39 is 0 Å². The van der Waals surface area contributed by atoms with Crippen molar-refractivity contribution in [1.29, 1.82) is 0 Å². The number of hydrogen-bond donors (Lipinski definition) is 0. The van der Waals surface area contributed by atoms with Crippen LogP contribution < -0.4 is 4.90 Å². The molecule has 1 fully saturated rings. The van der Waals surface area contributed by atoms with Gasteiger partial charge >= 0.3 is 0 Å². The number of benzene rings is 2. The standard InChI is InChI=1S/C29H26ClN7OS2/c1-20-5-7-23(8-6-20)37-27(21-9-11-31-12-10-21)33-34-29(37)40-19-26-32-25(18-39-26)28(38)36-15-13-35(14-16-36)24-4-2-3-22(30)17-24/h2-12,17-18H,13-16,19H2,1H3. The molecule has 0 saturated carbocycles. The third-order valence-electron chi connectivity index (χ3n) is 6.70. The van der Waals surface area contributed by atoms with Crippen LogP contribution in [0.5, 0.6) is 0 Å². The molecule has 0 radical (unpaired) electrons. The van der Waals surface area contributed by atoms with Crippen LogP contribution >= 0.6 is 34.7 Å². The summed E-state index contributed by atoms with van der Waals surface area (Å²) >= 11 is 9.20. The molecule has 3 aromatic heterocycles. The highest BCUT2D eigenvalue weighted by molar-refractivity contribution is 7.98. The summed E-state index contributed by atoms with van der Waals surface area (Å²) in [6.45, 7) is 4.87. The van der Waals surface area contributed by atoms with Crippen molar-refractivity contribution in [2.45, 2.75) is 17.8 Å². The summed E-state index contributed by atoms with van der Waals surface area (Å²) < 4.78 is 2.05. The summed E-state index contributed by atoms with van der Waals surface area (Å²) in [7, 11) is 0. The molecule has 8 nitrogen and oxygen atoms in total. The molecule has 1 amide bonds. The van der Waals surface area contributed by atoms with Gasteiger partial charge < -0.3 is 9.80 Å². The molecule has 0 unspecified atom stereocenters. The van der Waals surface area contributed by atoms with Crippen molar-refractivity contribution < 1.29 is 4.79 Å². The van der Waals surface area contributed by atoms with Crippen LogP contribution in [0.1, 0.15) is 21.1 Å². The second-order valence-corrected chi connectivity index (χ2v) is 11.7. The van der Waals surface area contributed by atoms with E-state index >= 15 is 0 Å². The Morgan fingerprint density at radius 2 is 1.75 bits per heavy atom. The maximum atomic E-state index is 13.2. The zero-order valence-electron chi connectivity index (χ0n) is 21.8. The van der Waals surface area contributed by atoms with Crippen LogP contribution in [-0.2, 0) is 5.75 Å². The van der Waals surface area contributed by atoms with Crippen molar-refractivity contribution in [2.75, 3.05) is 31.1 Å².